The maximum Gasteiger partial charge on any atom is 0.120 e. The van der Waals surface area contributed by atoms with Gasteiger partial charge >= 0.3 is 0 Å². The molecule has 0 atom stereocenters. The topological polar surface area (TPSA) is 34.2 Å². The van der Waals surface area contributed by atoms with Gasteiger partial charge in [-0.15, -0.1) is 0 Å². The molecule has 19 heavy (non-hydrogen) atoms. The first-order valence-electron chi connectivity index (χ1n) is 6.71. The lowest BCUT2D eigenvalue weighted by Crippen LogP contribution is -2.05. The fourth-order valence-electron chi connectivity index (χ4n) is 2.07. The fraction of sp³-hybridized carbons (Fsp3) is 0.312. The number of benzene rings is 1. The van der Waals surface area contributed by atoms with E-state index in [1.54, 1.807) is 0 Å². The summed E-state index contributed by atoms with van der Waals surface area (Å²) in [5.74, 6) is 0.957. The van der Waals surface area contributed by atoms with Gasteiger partial charge in [0.15, 0.2) is 0 Å². The smallest absolute Gasteiger partial charge is 0.120 e. The van der Waals surface area contributed by atoms with Crippen molar-refractivity contribution in [3.63, 3.8) is 0 Å². The Morgan fingerprint density at radius 1 is 1.21 bits per heavy atom. The first-order chi connectivity index (χ1) is 9.35. The van der Waals surface area contributed by atoms with Crippen LogP contribution in [-0.2, 0) is 6.54 Å². The molecule has 3 nitrogen and oxygen atoms in total. The summed E-state index contributed by atoms with van der Waals surface area (Å²) < 4.78 is 5.83. The van der Waals surface area contributed by atoms with E-state index in [1.807, 2.05) is 31.6 Å². The molecule has 1 aromatic heterocycles. The Morgan fingerprint density at radius 3 is 2.89 bits per heavy atom. The Morgan fingerprint density at radius 2 is 2.11 bits per heavy atom. The molecule has 1 N–H and O–H groups in total. The molecular weight excluding hydrogens is 236 g/mol. The number of hydrogen-bond acceptors (Lipinski definition) is 3. The second-order valence-corrected chi connectivity index (χ2v) is 4.96. The Kier molecular flexibility index (Phi) is 3.47. The van der Waals surface area contributed by atoms with Gasteiger partial charge in [-0.3, -0.25) is 4.98 Å². The molecule has 1 aliphatic carbocycles. The lowest BCUT2D eigenvalue weighted by molar-refractivity contribution is 0.303. The fourth-order valence-corrected chi connectivity index (χ4v) is 2.07. The van der Waals surface area contributed by atoms with Crippen LogP contribution >= 0.6 is 0 Å². The van der Waals surface area contributed by atoms with Crippen molar-refractivity contribution in [2.45, 2.75) is 25.5 Å². The summed E-state index contributed by atoms with van der Waals surface area (Å²) in [4.78, 5) is 4.30. The van der Waals surface area contributed by atoms with Crippen molar-refractivity contribution >= 4 is 0 Å². The third-order valence-corrected chi connectivity index (χ3v) is 3.17. The van der Waals surface area contributed by atoms with Crippen LogP contribution in [0, 0.1) is 0 Å². The van der Waals surface area contributed by atoms with Gasteiger partial charge in [0.05, 0.1) is 6.10 Å². The Bertz CT molecular complexity index is 564. The molecule has 0 aliphatic heterocycles. The Hall–Kier alpha value is -1.87. The molecule has 3 rings (SSSR count). The van der Waals surface area contributed by atoms with Gasteiger partial charge < -0.3 is 10.1 Å². The Labute approximate surface area is 113 Å². The third kappa shape index (κ3) is 3.12. The molecule has 3 heteroatoms. The van der Waals surface area contributed by atoms with Crippen LogP contribution in [0.15, 0.2) is 42.7 Å². The zero-order valence-corrected chi connectivity index (χ0v) is 11.1. The van der Waals surface area contributed by atoms with E-state index < -0.39 is 0 Å². The molecule has 0 amide bonds. The van der Waals surface area contributed by atoms with Crippen LogP contribution < -0.4 is 10.1 Å². The quantitative estimate of drug-likeness (QED) is 0.890. The van der Waals surface area contributed by atoms with E-state index in [0.717, 1.165) is 23.4 Å². The summed E-state index contributed by atoms with van der Waals surface area (Å²) >= 11 is 0. The van der Waals surface area contributed by atoms with Crippen molar-refractivity contribution < 1.29 is 4.74 Å². The summed E-state index contributed by atoms with van der Waals surface area (Å²) in [6.07, 6.45) is 6.59. The number of hydrogen-bond donors (Lipinski definition) is 1. The second-order valence-electron chi connectivity index (χ2n) is 4.96. The highest BCUT2D eigenvalue weighted by Gasteiger charge is 2.23. The van der Waals surface area contributed by atoms with Crippen molar-refractivity contribution in [1.82, 2.24) is 10.3 Å². The zero-order chi connectivity index (χ0) is 13.1. The molecule has 0 spiro atoms. The number of aromatic nitrogens is 1. The molecule has 1 heterocycles. The van der Waals surface area contributed by atoms with Gasteiger partial charge in [0.1, 0.15) is 5.75 Å². The number of pyridine rings is 1. The van der Waals surface area contributed by atoms with E-state index >= 15 is 0 Å². The normalized spacial score (nSPS) is 14.4. The van der Waals surface area contributed by atoms with Crippen LogP contribution in [0.5, 0.6) is 5.75 Å². The van der Waals surface area contributed by atoms with Crippen LogP contribution in [0.2, 0.25) is 0 Å². The molecule has 98 valence electrons. The third-order valence-electron chi connectivity index (χ3n) is 3.17. The maximum atomic E-state index is 5.83. The molecule has 0 radical (unpaired) electrons. The minimum absolute atomic E-state index is 0.434. The molecule has 0 bridgehead atoms. The highest BCUT2D eigenvalue weighted by molar-refractivity contribution is 5.64. The SMILES string of the molecule is CNCc1cncc(-c2cccc(OC3CC3)c2)c1. The lowest BCUT2D eigenvalue weighted by Gasteiger charge is -2.08. The van der Waals surface area contributed by atoms with Gasteiger partial charge in [0.25, 0.3) is 0 Å². The van der Waals surface area contributed by atoms with Crippen molar-refractivity contribution in [1.29, 1.82) is 0 Å². The minimum Gasteiger partial charge on any atom is -0.490 e. The number of rotatable bonds is 5. The van der Waals surface area contributed by atoms with Gasteiger partial charge in [0.2, 0.25) is 0 Å². The van der Waals surface area contributed by atoms with E-state index in [0.29, 0.717) is 6.10 Å². The number of nitrogens with one attached hydrogen (secondary N) is 1. The van der Waals surface area contributed by atoms with E-state index in [2.05, 4.69) is 28.5 Å². The maximum absolute atomic E-state index is 5.83. The van der Waals surface area contributed by atoms with Gasteiger partial charge in [-0.1, -0.05) is 12.1 Å². The molecule has 1 saturated carbocycles. The standard InChI is InChI=1S/C16H18N2O/c1-17-9-12-7-14(11-18-10-12)13-3-2-4-16(8-13)19-15-5-6-15/h2-4,7-8,10-11,15,17H,5-6,9H2,1H3. The summed E-state index contributed by atoms with van der Waals surface area (Å²) in [7, 11) is 1.94. The molecule has 1 fully saturated rings. The summed E-state index contributed by atoms with van der Waals surface area (Å²) in [5, 5.41) is 3.14. The average molecular weight is 254 g/mol. The zero-order valence-electron chi connectivity index (χ0n) is 11.1. The van der Waals surface area contributed by atoms with Crippen molar-refractivity contribution in [2.75, 3.05) is 7.05 Å². The molecule has 1 aromatic carbocycles. The molecule has 0 saturated heterocycles. The van der Waals surface area contributed by atoms with Crippen LogP contribution in [0.3, 0.4) is 0 Å². The molecule has 1 aliphatic rings. The lowest BCUT2D eigenvalue weighted by atomic mass is 10.1. The van der Waals surface area contributed by atoms with Gasteiger partial charge in [-0.25, -0.2) is 0 Å². The van der Waals surface area contributed by atoms with Crippen LogP contribution in [0.4, 0.5) is 0 Å². The summed E-state index contributed by atoms with van der Waals surface area (Å²) in [5.41, 5.74) is 3.48. The Balaban J connectivity index is 1.85. The highest BCUT2D eigenvalue weighted by Crippen LogP contribution is 2.29. The first-order valence-corrected chi connectivity index (χ1v) is 6.71. The van der Waals surface area contributed by atoms with Crippen molar-refractivity contribution in [3.8, 4) is 16.9 Å². The van der Waals surface area contributed by atoms with E-state index in [9.17, 15) is 0 Å². The second kappa shape index (κ2) is 5.41. The van der Waals surface area contributed by atoms with Crippen LogP contribution in [0.25, 0.3) is 11.1 Å². The van der Waals surface area contributed by atoms with E-state index in [4.69, 9.17) is 4.74 Å². The predicted molar refractivity (Wildman–Crippen MR) is 76.1 cm³/mol. The first kappa shape index (κ1) is 12.2. The predicted octanol–water partition coefficient (Wildman–Crippen LogP) is 3.01. The van der Waals surface area contributed by atoms with Crippen LogP contribution in [0.1, 0.15) is 18.4 Å². The highest BCUT2D eigenvalue weighted by atomic mass is 16.5. The average Bonchev–Trinajstić information content (AvgIpc) is 3.24. The molecule has 0 unspecified atom stereocenters. The monoisotopic (exact) mass is 254 g/mol. The van der Waals surface area contributed by atoms with E-state index in [-0.39, 0.29) is 0 Å². The molecule has 2 aromatic rings. The summed E-state index contributed by atoms with van der Waals surface area (Å²) in [6, 6.07) is 10.4. The largest absolute Gasteiger partial charge is 0.490 e. The minimum atomic E-state index is 0.434. The van der Waals surface area contributed by atoms with Gasteiger partial charge in [-0.05, 0) is 49.2 Å². The van der Waals surface area contributed by atoms with Gasteiger partial charge in [-0.2, -0.15) is 0 Å². The summed E-state index contributed by atoms with van der Waals surface area (Å²) in [6.45, 7) is 0.832. The molecular formula is C16H18N2O. The van der Waals surface area contributed by atoms with Gasteiger partial charge in [0, 0.05) is 24.5 Å². The van der Waals surface area contributed by atoms with Crippen LogP contribution in [-0.4, -0.2) is 18.1 Å². The van der Waals surface area contributed by atoms with E-state index in [1.165, 1.54) is 18.4 Å². The van der Waals surface area contributed by atoms with Crippen molar-refractivity contribution in [2.24, 2.45) is 0 Å². The number of ether oxygens (including phenoxy) is 1. The number of nitrogens with zero attached hydrogens (tertiary/aromatic N) is 1. The van der Waals surface area contributed by atoms with Crippen molar-refractivity contribution in [3.05, 3.63) is 48.3 Å².